The van der Waals surface area contributed by atoms with Crippen LogP contribution >= 0.6 is 0 Å². The Labute approximate surface area is 165 Å². The van der Waals surface area contributed by atoms with Crippen molar-refractivity contribution in [2.24, 2.45) is 5.92 Å². The largest absolute Gasteiger partial charge is 0.352 e. The van der Waals surface area contributed by atoms with Crippen molar-refractivity contribution >= 4 is 17.7 Å². The van der Waals surface area contributed by atoms with Gasteiger partial charge < -0.3 is 15.1 Å². The fourth-order valence-electron chi connectivity index (χ4n) is 3.89. The highest BCUT2D eigenvalue weighted by atomic mass is 19.1. The Bertz CT molecular complexity index is 707. The van der Waals surface area contributed by atoms with Crippen LogP contribution in [0.3, 0.4) is 0 Å². The summed E-state index contributed by atoms with van der Waals surface area (Å²) in [7, 11) is 0. The number of carbonyl (C=O) groups is 3. The summed E-state index contributed by atoms with van der Waals surface area (Å²) in [4.78, 5) is 40.2. The summed E-state index contributed by atoms with van der Waals surface area (Å²) in [6, 6.07) is 5.46. The Morgan fingerprint density at radius 2 is 1.89 bits per heavy atom. The van der Waals surface area contributed by atoms with Crippen LogP contribution in [0.1, 0.15) is 48.9 Å². The minimum Gasteiger partial charge on any atom is -0.352 e. The molecule has 6 nitrogen and oxygen atoms in total. The Hall–Kier alpha value is -2.44. The summed E-state index contributed by atoms with van der Waals surface area (Å²) >= 11 is 0. The highest BCUT2D eigenvalue weighted by Crippen LogP contribution is 2.18. The average Bonchev–Trinajstić information content (AvgIpc) is 2.72. The SMILES string of the molecule is O=C(NC[C@@H]1CCCN(C(=O)CCN2CCCCC2=O)C1)c1ccc(F)cc1. The van der Waals surface area contributed by atoms with E-state index in [1.54, 1.807) is 4.90 Å². The molecule has 0 aromatic heterocycles. The van der Waals surface area contributed by atoms with E-state index in [0.29, 0.717) is 38.0 Å². The van der Waals surface area contributed by atoms with Gasteiger partial charge in [0.05, 0.1) is 0 Å². The number of piperidine rings is 2. The first-order valence-electron chi connectivity index (χ1n) is 10.1. The lowest BCUT2D eigenvalue weighted by Crippen LogP contribution is -2.45. The minimum atomic E-state index is -0.371. The van der Waals surface area contributed by atoms with Crippen LogP contribution < -0.4 is 5.32 Å². The lowest BCUT2D eigenvalue weighted by Gasteiger charge is -2.34. The van der Waals surface area contributed by atoms with Gasteiger partial charge in [-0.1, -0.05) is 0 Å². The third kappa shape index (κ3) is 5.53. The fraction of sp³-hybridized carbons (Fsp3) is 0.571. The molecule has 1 N–H and O–H groups in total. The number of amides is 3. The summed E-state index contributed by atoms with van der Waals surface area (Å²) in [6.45, 7) is 3.10. The predicted molar refractivity (Wildman–Crippen MR) is 103 cm³/mol. The number of carbonyl (C=O) groups excluding carboxylic acids is 3. The van der Waals surface area contributed by atoms with Crippen LogP contribution in [0.4, 0.5) is 4.39 Å². The summed E-state index contributed by atoms with van der Waals surface area (Å²) in [5.74, 6) is -0.165. The zero-order chi connectivity index (χ0) is 19.9. The van der Waals surface area contributed by atoms with Crippen molar-refractivity contribution in [1.29, 1.82) is 0 Å². The number of benzene rings is 1. The second-order valence-corrected chi connectivity index (χ2v) is 7.65. The van der Waals surface area contributed by atoms with Gasteiger partial charge >= 0.3 is 0 Å². The van der Waals surface area contributed by atoms with Crippen LogP contribution in [0.2, 0.25) is 0 Å². The predicted octanol–water partition coefficient (Wildman–Crippen LogP) is 2.20. The van der Waals surface area contributed by atoms with E-state index in [-0.39, 0.29) is 29.5 Å². The monoisotopic (exact) mass is 389 g/mol. The lowest BCUT2D eigenvalue weighted by atomic mass is 9.97. The molecule has 2 aliphatic heterocycles. The third-order valence-electron chi connectivity index (χ3n) is 5.55. The van der Waals surface area contributed by atoms with Crippen molar-refractivity contribution in [3.63, 3.8) is 0 Å². The van der Waals surface area contributed by atoms with E-state index in [0.717, 1.165) is 38.8 Å². The third-order valence-corrected chi connectivity index (χ3v) is 5.55. The van der Waals surface area contributed by atoms with Gasteiger partial charge in [0.15, 0.2) is 0 Å². The Kier molecular flexibility index (Phi) is 7.01. The molecule has 0 radical (unpaired) electrons. The van der Waals surface area contributed by atoms with E-state index in [1.165, 1.54) is 24.3 Å². The van der Waals surface area contributed by atoms with E-state index < -0.39 is 0 Å². The smallest absolute Gasteiger partial charge is 0.251 e. The molecule has 3 amide bonds. The van der Waals surface area contributed by atoms with Crippen molar-refractivity contribution in [1.82, 2.24) is 15.1 Å². The summed E-state index contributed by atoms with van der Waals surface area (Å²) < 4.78 is 13.0. The Balaban J connectivity index is 1.42. The standard InChI is InChI=1S/C21H28FN3O3/c22-18-8-6-17(7-9-18)21(28)23-14-16-4-3-12-25(15-16)20(27)10-13-24-11-2-1-5-19(24)26/h6-9,16H,1-5,10-15H2,(H,23,28)/t16-/m0/s1. The van der Waals surface area contributed by atoms with Crippen LogP contribution in [-0.2, 0) is 9.59 Å². The molecule has 2 fully saturated rings. The van der Waals surface area contributed by atoms with Gasteiger partial charge in [-0.3, -0.25) is 14.4 Å². The number of hydrogen-bond donors (Lipinski definition) is 1. The van der Waals surface area contributed by atoms with Crippen molar-refractivity contribution in [3.05, 3.63) is 35.6 Å². The number of nitrogens with zero attached hydrogens (tertiary/aromatic N) is 2. The fourth-order valence-corrected chi connectivity index (χ4v) is 3.89. The van der Waals surface area contributed by atoms with Crippen LogP contribution in [-0.4, -0.2) is 60.2 Å². The first-order chi connectivity index (χ1) is 13.5. The molecule has 2 aliphatic rings. The number of likely N-dealkylation sites (tertiary alicyclic amines) is 2. The summed E-state index contributed by atoms with van der Waals surface area (Å²) in [5.41, 5.74) is 0.427. The van der Waals surface area contributed by atoms with Gasteiger partial charge in [0.1, 0.15) is 5.82 Å². The molecule has 2 heterocycles. The van der Waals surface area contributed by atoms with Gasteiger partial charge in [-0.2, -0.15) is 0 Å². The van der Waals surface area contributed by atoms with E-state index in [4.69, 9.17) is 0 Å². The maximum Gasteiger partial charge on any atom is 0.251 e. The highest BCUT2D eigenvalue weighted by molar-refractivity contribution is 5.94. The van der Waals surface area contributed by atoms with Crippen molar-refractivity contribution in [3.8, 4) is 0 Å². The molecule has 28 heavy (non-hydrogen) atoms. The first-order valence-corrected chi connectivity index (χ1v) is 10.1. The van der Waals surface area contributed by atoms with Crippen LogP contribution in [0.15, 0.2) is 24.3 Å². The van der Waals surface area contributed by atoms with Crippen LogP contribution in [0.25, 0.3) is 0 Å². The normalized spacial score (nSPS) is 20.2. The molecule has 3 rings (SSSR count). The molecule has 1 atom stereocenters. The topological polar surface area (TPSA) is 69.7 Å². The maximum atomic E-state index is 13.0. The zero-order valence-electron chi connectivity index (χ0n) is 16.2. The quantitative estimate of drug-likeness (QED) is 0.811. The lowest BCUT2D eigenvalue weighted by molar-refractivity contribution is -0.136. The minimum absolute atomic E-state index is 0.0768. The van der Waals surface area contributed by atoms with Crippen molar-refractivity contribution in [2.75, 3.05) is 32.7 Å². The number of rotatable bonds is 6. The Morgan fingerprint density at radius 1 is 1.11 bits per heavy atom. The van der Waals surface area contributed by atoms with E-state index in [2.05, 4.69) is 5.32 Å². The number of halogens is 1. The zero-order valence-corrected chi connectivity index (χ0v) is 16.2. The van der Waals surface area contributed by atoms with Gasteiger partial charge in [0.25, 0.3) is 5.91 Å². The van der Waals surface area contributed by atoms with Gasteiger partial charge in [0.2, 0.25) is 11.8 Å². The summed E-state index contributed by atoms with van der Waals surface area (Å²) in [6.07, 6.45) is 4.78. The van der Waals surface area contributed by atoms with Gasteiger partial charge in [0, 0.05) is 51.1 Å². The van der Waals surface area contributed by atoms with E-state index in [9.17, 15) is 18.8 Å². The number of nitrogens with one attached hydrogen (secondary N) is 1. The van der Waals surface area contributed by atoms with Crippen LogP contribution in [0, 0.1) is 11.7 Å². The van der Waals surface area contributed by atoms with Gasteiger partial charge in [-0.25, -0.2) is 4.39 Å². The summed E-state index contributed by atoms with van der Waals surface area (Å²) in [5, 5.41) is 2.88. The molecular formula is C21H28FN3O3. The molecular weight excluding hydrogens is 361 g/mol. The molecule has 0 bridgehead atoms. The molecule has 1 aromatic rings. The molecule has 0 saturated carbocycles. The number of hydrogen-bond acceptors (Lipinski definition) is 3. The van der Waals surface area contributed by atoms with Crippen molar-refractivity contribution < 1.29 is 18.8 Å². The Morgan fingerprint density at radius 3 is 2.64 bits per heavy atom. The molecule has 0 spiro atoms. The molecule has 7 heteroatoms. The van der Waals surface area contributed by atoms with Crippen LogP contribution in [0.5, 0.6) is 0 Å². The first kappa shape index (κ1) is 20.3. The van der Waals surface area contributed by atoms with Gasteiger partial charge in [-0.15, -0.1) is 0 Å². The molecule has 0 unspecified atom stereocenters. The second-order valence-electron chi connectivity index (χ2n) is 7.65. The molecule has 0 aliphatic carbocycles. The van der Waals surface area contributed by atoms with Crippen molar-refractivity contribution in [2.45, 2.75) is 38.5 Å². The highest BCUT2D eigenvalue weighted by Gasteiger charge is 2.25. The molecule has 1 aromatic carbocycles. The van der Waals surface area contributed by atoms with Gasteiger partial charge in [-0.05, 0) is 55.9 Å². The molecule has 152 valence electrons. The second kappa shape index (κ2) is 9.66. The maximum absolute atomic E-state index is 13.0. The average molecular weight is 389 g/mol. The van der Waals surface area contributed by atoms with E-state index >= 15 is 0 Å². The molecule has 2 saturated heterocycles. The van der Waals surface area contributed by atoms with E-state index in [1.807, 2.05) is 4.90 Å².